The summed E-state index contributed by atoms with van der Waals surface area (Å²) in [6.45, 7) is 7.07. The molecule has 0 radical (unpaired) electrons. The number of hydrogen-bond donors (Lipinski definition) is 1. The lowest BCUT2D eigenvalue weighted by Crippen LogP contribution is -2.03. The maximum atomic E-state index is 9.09. The van der Waals surface area contributed by atoms with E-state index in [2.05, 4.69) is 32.9 Å². The van der Waals surface area contributed by atoms with Crippen LogP contribution >= 0.6 is 0 Å². The van der Waals surface area contributed by atoms with Crippen LogP contribution in [0.25, 0.3) is 0 Å². The lowest BCUT2D eigenvalue weighted by Gasteiger charge is -2.15. The molecule has 0 aromatic heterocycles. The van der Waals surface area contributed by atoms with Crippen LogP contribution in [0.3, 0.4) is 0 Å². The molecule has 2 aromatic rings. The Morgan fingerprint density at radius 1 is 1.00 bits per heavy atom. The zero-order valence-corrected chi connectivity index (χ0v) is 12.4. The van der Waals surface area contributed by atoms with Gasteiger partial charge in [0.2, 0.25) is 0 Å². The number of aliphatic hydroxyl groups is 1. The summed E-state index contributed by atoms with van der Waals surface area (Å²) in [5, 5.41) is 9.09. The fourth-order valence-electron chi connectivity index (χ4n) is 2.56. The smallest absolute Gasteiger partial charge is 0.123 e. The van der Waals surface area contributed by atoms with Crippen molar-refractivity contribution in [3.63, 3.8) is 0 Å². The van der Waals surface area contributed by atoms with Gasteiger partial charge in [0.15, 0.2) is 0 Å². The van der Waals surface area contributed by atoms with Gasteiger partial charge in [-0.25, -0.2) is 0 Å². The van der Waals surface area contributed by atoms with Crippen molar-refractivity contribution in [2.75, 3.05) is 6.61 Å². The minimum atomic E-state index is 0.142. The highest BCUT2D eigenvalue weighted by atomic mass is 16.5. The average molecular weight is 270 g/mol. The third kappa shape index (κ3) is 3.40. The quantitative estimate of drug-likeness (QED) is 0.897. The zero-order valence-electron chi connectivity index (χ0n) is 12.4. The van der Waals surface area contributed by atoms with E-state index < -0.39 is 0 Å². The van der Waals surface area contributed by atoms with Crippen molar-refractivity contribution < 1.29 is 9.84 Å². The summed E-state index contributed by atoms with van der Waals surface area (Å²) in [5.41, 5.74) is 6.11. The van der Waals surface area contributed by atoms with Crippen LogP contribution in [0.5, 0.6) is 5.75 Å². The van der Waals surface area contributed by atoms with E-state index in [-0.39, 0.29) is 6.61 Å². The number of rotatable bonds is 5. The SMILES string of the molecule is Cc1cc(C)c(COc2ccccc2CCO)c(C)c1. The van der Waals surface area contributed by atoms with Crippen molar-refractivity contribution in [1.29, 1.82) is 0 Å². The van der Waals surface area contributed by atoms with Crippen LogP contribution in [-0.2, 0) is 13.0 Å². The molecule has 1 N–H and O–H groups in total. The van der Waals surface area contributed by atoms with Crippen molar-refractivity contribution in [1.82, 2.24) is 0 Å². The first-order valence-electron chi connectivity index (χ1n) is 7.00. The molecule has 106 valence electrons. The molecule has 0 aliphatic heterocycles. The first-order chi connectivity index (χ1) is 9.61. The second kappa shape index (κ2) is 6.58. The van der Waals surface area contributed by atoms with Gasteiger partial charge in [0.25, 0.3) is 0 Å². The highest BCUT2D eigenvalue weighted by Crippen LogP contribution is 2.22. The molecular weight excluding hydrogens is 248 g/mol. The predicted octanol–water partition coefficient (Wildman–Crippen LogP) is 3.73. The first-order valence-corrected chi connectivity index (χ1v) is 7.00. The monoisotopic (exact) mass is 270 g/mol. The van der Waals surface area contributed by atoms with Gasteiger partial charge in [0.1, 0.15) is 12.4 Å². The van der Waals surface area contributed by atoms with Crippen LogP contribution in [0, 0.1) is 20.8 Å². The summed E-state index contributed by atoms with van der Waals surface area (Å²) in [6.07, 6.45) is 0.627. The van der Waals surface area contributed by atoms with Crippen molar-refractivity contribution in [3.8, 4) is 5.75 Å². The van der Waals surface area contributed by atoms with Crippen LogP contribution in [0.15, 0.2) is 36.4 Å². The maximum Gasteiger partial charge on any atom is 0.123 e. The fourth-order valence-corrected chi connectivity index (χ4v) is 2.56. The summed E-state index contributed by atoms with van der Waals surface area (Å²) in [4.78, 5) is 0. The van der Waals surface area contributed by atoms with Gasteiger partial charge in [0.05, 0.1) is 0 Å². The molecule has 0 saturated carbocycles. The summed E-state index contributed by atoms with van der Waals surface area (Å²) in [7, 11) is 0. The minimum Gasteiger partial charge on any atom is -0.489 e. The molecule has 0 unspecified atom stereocenters. The highest BCUT2D eigenvalue weighted by Gasteiger charge is 2.07. The molecule has 0 bridgehead atoms. The van der Waals surface area contributed by atoms with Crippen LogP contribution in [0.2, 0.25) is 0 Å². The van der Waals surface area contributed by atoms with Crippen molar-refractivity contribution in [2.45, 2.75) is 33.8 Å². The Labute approximate surface area is 121 Å². The zero-order chi connectivity index (χ0) is 14.5. The molecule has 0 aliphatic rings. The van der Waals surface area contributed by atoms with Crippen LogP contribution < -0.4 is 4.74 Å². The third-order valence-corrected chi connectivity index (χ3v) is 3.57. The predicted molar refractivity (Wildman–Crippen MR) is 82.2 cm³/mol. The van der Waals surface area contributed by atoms with E-state index in [0.717, 1.165) is 11.3 Å². The number of ether oxygens (including phenoxy) is 1. The lowest BCUT2D eigenvalue weighted by atomic mass is 10.0. The van der Waals surface area contributed by atoms with E-state index >= 15 is 0 Å². The summed E-state index contributed by atoms with van der Waals surface area (Å²) < 4.78 is 5.97. The largest absolute Gasteiger partial charge is 0.489 e. The third-order valence-electron chi connectivity index (χ3n) is 3.57. The van der Waals surface area contributed by atoms with E-state index in [4.69, 9.17) is 9.84 Å². The first kappa shape index (κ1) is 14.6. The van der Waals surface area contributed by atoms with Gasteiger partial charge in [0, 0.05) is 6.61 Å². The number of hydrogen-bond acceptors (Lipinski definition) is 2. The van der Waals surface area contributed by atoms with Gasteiger partial charge in [-0.05, 0) is 55.5 Å². The van der Waals surface area contributed by atoms with Crippen LogP contribution in [-0.4, -0.2) is 11.7 Å². The van der Waals surface area contributed by atoms with Crippen LogP contribution in [0.4, 0.5) is 0 Å². The maximum absolute atomic E-state index is 9.09. The summed E-state index contributed by atoms with van der Waals surface area (Å²) >= 11 is 0. The van der Waals surface area contributed by atoms with E-state index in [9.17, 15) is 0 Å². The number of aryl methyl sites for hydroxylation is 3. The number of aliphatic hydroxyl groups excluding tert-OH is 1. The second-order valence-corrected chi connectivity index (χ2v) is 5.25. The van der Waals surface area contributed by atoms with Crippen molar-refractivity contribution in [3.05, 3.63) is 64.2 Å². The molecule has 2 aromatic carbocycles. The molecule has 0 spiro atoms. The molecule has 20 heavy (non-hydrogen) atoms. The molecular formula is C18H22O2. The Morgan fingerprint density at radius 2 is 1.65 bits per heavy atom. The van der Waals surface area contributed by atoms with Gasteiger partial charge >= 0.3 is 0 Å². The lowest BCUT2D eigenvalue weighted by molar-refractivity contribution is 0.283. The molecule has 2 nitrogen and oxygen atoms in total. The second-order valence-electron chi connectivity index (χ2n) is 5.25. The van der Waals surface area contributed by atoms with E-state index in [0.29, 0.717) is 13.0 Å². The molecule has 0 fully saturated rings. The Balaban J connectivity index is 2.17. The molecule has 0 atom stereocenters. The molecule has 0 saturated heterocycles. The van der Waals surface area contributed by atoms with E-state index in [1.165, 1.54) is 22.3 Å². The standard InChI is InChI=1S/C18H22O2/c1-13-10-14(2)17(15(3)11-13)12-20-18-7-5-4-6-16(18)8-9-19/h4-7,10-11,19H,8-9,12H2,1-3H3. The minimum absolute atomic E-state index is 0.142. The van der Waals surface area contributed by atoms with Gasteiger partial charge in [-0.15, -0.1) is 0 Å². The molecule has 2 rings (SSSR count). The number of para-hydroxylation sites is 1. The Morgan fingerprint density at radius 3 is 2.30 bits per heavy atom. The number of benzene rings is 2. The van der Waals surface area contributed by atoms with Crippen molar-refractivity contribution >= 4 is 0 Å². The molecule has 0 aliphatic carbocycles. The Bertz CT molecular complexity index is 565. The van der Waals surface area contributed by atoms with Crippen LogP contribution in [0.1, 0.15) is 27.8 Å². The van der Waals surface area contributed by atoms with Crippen molar-refractivity contribution in [2.24, 2.45) is 0 Å². The normalized spacial score (nSPS) is 10.6. The fraction of sp³-hybridized carbons (Fsp3) is 0.333. The van der Waals surface area contributed by atoms with Gasteiger partial charge in [-0.2, -0.15) is 0 Å². The van der Waals surface area contributed by atoms with E-state index in [1.54, 1.807) is 0 Å². The Kier molecular flexibility index (Phi) is 4.80. The molecule has 2 heteroatoms. The van der Waals surface area contributed by atoms with Gasteiger partial charge in [-0.3, -0.25) is 0 Å². The topological polar surface area (TPSA) is 29.5 Å². The Hall–Kier alpha value is -1.80. The molecule has 0 amide bonds. The highest BCUT2D eigenvalue weighted by molar-refractivity contribution is 5.38. The van der Waals surface area contributed by atoms with E-state index in [1.807, 2.05) is 24.3 Å². The molecule has 0 heterocycles. The van der Waals surface area contributed by atoms with Gasteiger partial charge < -0.3 is 9.84 Å². The summed E-state index contributed by atoms with van der Waals surface area (Å²) in [5.74, 6) is 0.862. The van der Waals surface area contributed by atoms with Gasteiger partial charge in [-0.1, -0.05) is 35.9 Å². The average Bonchev–Trinajstić information content (AvgIpc) is 2.39. The summed E-state index contributed by atoms with van der Waals surface area (Å²) in [6, 6.07) is 12.3.